The van der Waals surface area contributed by atoms with Crippen LogP contribution in [0.15, 0.2) is 60.7 Å². The van der Waals surface area contributed by atoms with Crippen molar-refractivity contribution in [3.8, 4) is 12.3 Å². The highest BCUT2D eigenvalue weighted by molar-refractivity contribution is 5.98. The molecule has 2 heterocycles. The molecule has 65 heavy (non-hydrogen) atoms. The lowest BCUT2D eigenvalue weighted by Crippen LogP contribution is -2.56. The molecule has 0 spiro atoms. The van der Waals surface area contributed by atoms with Crippen LogP contribution in [-0.2, 0) is 60.6 Å². The van der Waals surface area contributed by atoms with Gasteiger partial charge in [-0.2, -0.15) is 0 Å². The Morgan fingerprint density at radius 1 is 0.831 bits per heavy atom. The largest absolute Gasteiger partial charge is 0.444 e. The van der Waals surface area contributed by atoms with Gasteiger partial charge in [-0.15, -0.1) is 6.42 Å². The Morgan fingerprint density at radius 3 is 2.00 bits per heavy atom. The monoisotopic (exact) mass is 900 g/mol. The second kappa shape index (κ2) is 25.9. The van der Waals surface area contributed by atoms with Gasteiger partial charge in [0, 0.05) is 38.9 Å². The van der Waals surface area contributed by atoms with Crippen LogP contribution in [0.3, 0.4) is 0 Å². The zero-order valence-corrected chi connectivity index (χ0v) is 39.1. The molecule has 0 radical (unpaired) electrons. The van der Waals surface area contributed by atoms with Crippen LogP contribution in [-0.4, -0.2) is 139 Å². The molecule has 4 rings (SSSR count). The highest BCUT2D eigenvalue weighted by atomic mass is 16.6. The number of carbonyl (C=O) groups is 7. The number of ether oxygens (including phenoxy) is 3. The van der Waals surface area contributed by atoms with Crippen LogP contribution >= 0.6 is 0 Å². The third-order valence-corrected chi connectivity index (χ3v) is 11.7. The van der Waals surface area contributed by atoms with Crippen LogP contribution in [0.25, 0.3) is 0 Å². The first-order valence-electron chi connectivity index (χ1n) is 22.8. The zero-order valence-electron chi connectivity index (χ0n) is 39.1. The highest BCUT2D eigenvalue weighted by Gasteiger charge is 2.50. The Balaban J connectivity index is 1.63. The van der Waals surface area contributed by atoms with Crippen LogP contribution in [0.4, 0.5) is 0 Å². The fraction of sp³-hybridized carbons (Fsp3) is 0.580. The first kappa shape index (κ1) is 52.2. The molecule has 2 saturated heterocycles. The van der Waals surface area contributed by atoms with Crippen molar-refractivity contribution in [1.82, 2.24) is 25.3 Å². The molecule has 15 heteroatoms. The van der Waals surface area contributed by atoms with Crippen molar-refractivity contribution < 1.29 is 47.8 Å². The SMILES string of the molecule is C#CCN(C)C(=O)CCC(=O)OCN(C(=O)CN1CCOCC1)[C@@H](CCc1ccccc1)C(=O)N[C@@H](CC(C)C)C(=O)C[C@@H](Cc1ccccc1)C(=O)N[C@@H](CC(C)C)C(=O)[C@@]1(C)CO1. The van der Waals surface area contributed by atoms with Crippen molar-refractivity contribution in [2.45, 2.75) is 110 Å². The minimum atomic E-state index is -1.19. The molecular formula is C50H69N5O10. The molecule has 15 nitrogen and oxygen atoms in total. The third kappa shape index (κ3) is 17.5. The van der Waals surface area contributed by atoms with Gasteiger partial charge in [-0.3, -0.25) is 43.4 Å². The van der Waals surface area contributed by atoms with E-state index in [2.05, 4.69) is 16.6 Å². The molecule has 2 aliphatic rings. The average Bonchev–Trinajstić information content (AvgIpc) is 4.04. The molecule has 5 atom stereocenters. The van der Waals surface area contributed by atoms with Crippen LogP contribution in [0.1, 0.15) is 84.3 Å². The van der Waals surface area contributed by atoms with Gasteiger partial charge in [-0.1, -0.05) is 94.3 Å². The Hall–Kier alpha value is -5.43. The van der Waals surface area contributed by atoms with Crippen LogP contribution in [0.5, 0.6) is 0 Å². The van der Waals surface area contributed by atoms with Crippen molar-refractivity contribution in [3.63, 3.8) is 0 Å². The number of benzene rings is 2. The quantitative estimate of drug-likeness (QED) is 0.0577. The van der Waals surface area contributed by atoms with Crippen molar-refractivity contribution in [2.24, 2.45) is 17.8 Å². The molecule has 0 bridgehead atoms. The summed E-state index contributed by atoms with van der Waals surface area (Å²) in [5.41, 5.74) is 0.761. The smallest absolute Gasteiger partial charge is 0.308 e. The van der Waals surface area contributed by atoms with Gasteiger partial charge in [0.2, 0.25) is 23.6 Å². The van der Waals surface area contributed by atoms with Gasteiger partial charge in [0.25, 0.3) is 0 Å². The number of hydrogen-bond acceptors (Lipinski definition) is 11. The number of aryl methyl sites for hydroxylation is 1. The van der Waals surface area contributed by atoms with Gasteiger partial charge < -0.3 is 29.7 Å². The molecule has 2 aromatic carbocycles. The van der Waals surface area contributed by atoms with Gasteiger partial charge in [0.15, 0.2) is 18.3 Å². The molecular weight excluding hydrogens is 831 g/mol. The number of esters is 1. The Labute approximate surface area is 384 Å². The second-order valence-corrected chi connectivity index (χ2v) is 18.2. The highest BCUT2D eigenvalue weighted by Crippen LogP contribution is 2.30. The van der Waals surface area contributed by atoms with E-state index in [0.29, 0.717) is 39.1 Å². The van der Waals surface area contributed by atoms with Crippen LogP contribution < -0.4 is 10.6 Å². The van der Waals surface area contributed by atoms with Gasteiger partial charge in [0.1, 0.15) is 11.6 Å². The Bertz CT molecular complexity index is 1940. The number of Topliss-reactive ketones (excluding diaryl/α,β-unsaturated/α-hetero) is 2. The number of rotatable bonds is 27. The molecule has 2 N–H and O–H groups in total. The molecule has 2 fully saturated rings. The van der Waals surface area contributed by atoms with Crippen molar-refractivity contribution >= 4 is 41.2 Å². The summed E-state index contributed by atoms with van der Waals surface area (Å²) < 4.78 is 16.6. The maximum atomic E-state index is 14.8. The minimum absolute atomic E-state index is 0.0665. The molecule has 2 aliphatic heterocycles. The van der Waals surface area contributed by atoms with Crippen molar-refractivity contribution in [1.29, 1.82) is 0 Å². The number of terminal acetylenes is 1. The third-order valence-electron chi connectivity index (χ3n) is 11.7. The fourth-order valence-corrected chi connectivity index (χ4v) is 7.76. The maximum Gasteiger partial charge on any atom is 0.308 e. The maximum absolute atomic E-state index is 14.8. The lowest BCUT2D eigenvalue weighted by Gasteiger charge is -2.34. The summed E-state index contributed by atoms with van der Waals surface area (Å²) in [6.45, 7) is 11.0. The van der Waals surface area contributed by atoms with E-state index in [-0.39, 0.29) is 87.5 Å². The van der Waals surface area contributed by atoms with Crippen LogP contribution in [0, 0.1) is 30.1 Å². The number of epoxide rings is 1. The summed E-state index contributed by atoms with van der Waals surface area (Å²) in [7, 11) is 1.53. The van der Waals surface area contributed by atoms with Gasteiger partial charge >= 0.3 is 5.97 Å². The number of ketones is 2. The first-order chi connectivity index (χ1) is 31.0. The van der Waals surface area contributed by atoms with E-state index in [1.165, 1.54) is 16.8 Å². The predicted octanol–water partition coefficient (Wildman–Crippen LogP) is 3.76. The van der Waals surface area contributed by atoms with E-state index in [1.54, 1.807) is 6.92 Å². The molecule has 0 aromatic heterocycles. The Kier molecular flexibility index (Phi) is 20.8. The summed E-state index contributed by atoms with van der Waals surface area (Å²) in [6.07, 6.45) is 5.97. The summed E-state index contributed by atoms with van der Waals surface area (Å²) in [6, 6.07) is 15.7. The molecule has 0 saturated carbocycles. The number of nitrogens with one attached hydrogen (secondary N) is 2. The van der Waals surface area contributed by atoms with Gasteiger partial charge in [-0.25, -0.2) is 0 Å². The molecule has 0 unspecified atom stereocenters. The molecule has 354 valence electrons. The van der Waals surface area contributed by atoms with E-state index in [1.807, 2.05) is 93.3 Å². The summed E-state index contributed by atoms with van der Waals surface area (Å²) in [4.78, 5) is 102. The lowest BCUT2D eigenvalue weighted by molar-refractivity contribution is -0.160. The topological polar surface area (TPSA) is 184 Å². The molecule has 4 amide bonds. The normalized spacial score (nSPS) is 17.8. The van der Waals surface area contributed by atoms with Crippen molar-refractivity contribution in [3.05, 3.63) is 71.8 Å². The number of nitrogens with zero attached hydrogens (tertiary/aromatic N) is 3. The summed E-state index contributed by atoms with van der Waals surface area (Å²) >= 11 is 0. The van der Waals surface area contributed by atoms with E-state index in [4.69, 9.17) is 20.6 Å². The summed E-state index contributed by atoms with van der Waals surface area (Å²) in [5, 5.41) is 5.94. The lowest BCUT2D eigenvalue weighted by atomic mass is 9.87. The minimum Gasteiger partial charge on any atom is -0.444 e. The number of hydrogen-bond donors (Lipinski definition) is 2. The van der Waals surface area contributed by atoms with E-state index in [9.17, 15) is 33.6 Å². The average molecular weight is 900 g/mol. The van der Waals surface area contributed by atoms with E-state index < -0.39 is 60.1 Å². The second-order valence-electron chi connectivity index (χ2n) is 18.2. The van der Waals surface area contributed by atoms with Crippen molar-refractivity contribution in [2.75, 3.05) is 59.8 Å². The fourth-order valence-electron chi connectivity index (χ4n) is 7.76. The molecule has 0 aliphatic carbocycles. The predicted molar refractivity (Wildman–Crippen MR) is 245 cm³/mol. The standard InChI is InChI=1S/C50H69N5O10/c1-8-23-53(7)44(57)21-22-46(59)64-34-55(45(58)32-54-24-26-63-27-25-54)42(20-19-37-15-11-9-12-16-37)49(62)51-40(28-35(2)3)43(56)31-39(30-38-17-13-10-14-18-38)48(61)52-41(29-36(4)5)47(60)50(6)33-65-50/h1,9-18,35-36,39-42H,19-34H2,2-7H3,(H,51,62)(H,52,61)/t39-,40+,41+,42+,50-/m1/s1. The van der Waals surface area contributed by atoms with Gasteiger partial charge in [-0.05, 0) is 62.0 Å². The van der Waals surface area contributed by atoms with E-state index in [0.717, 1.165) is 11.1 Å². The first-order valence-corrected chi connectivity index (χ1v) is 22.8. The van der Waals surface area contributed by atoms with Gasteiger partial charge in [0.05, 0.1) is 51.4 Å². The zero-order chi connectivity index (χ0) is 47.5. The summed E-state index contributed by atoms with van der Waals surface area (Å²) in [5.74, 6) is -1.72. The number of carbonyl (C=O) groups excluding carboxylic acids is 7. The number of amides is 4. The Morgan fingerprint density at radius 2 is 1.42 bits per heavy atom. The molecule has 2 aromatic rings. The number of morpholine rings is 1. The van der Waals surface area contributed by atoms with E-state index >= 15 is 0 Å². The van der Waals surface area contributed by atoms with Crippen LogP contribution in [0.2, 0.25) is 0 Å².